The molecule has 0 heterocycles. The molecule has 0 bridgehead atoms. The molecule has 6 nitrogen and oxygen atoms in total. The van der Waals surface area contributed by atoms with E-state index >= 15 is 0 Å². The van der Waals surface area contributed by atoms with Gasteiger partial charge in [-0.05, 0) is 25.1 Å². The van der Waals surface area contributed by atoms with E-state index in [2.05, 4.69) is 0 Å². The number of methoxy groups -OCH3 is 3. The molecule has 1 aromatic rings. The van der Waals surface area contributed by atoms with Gasteiger partial charge in [-0.3, -0.25) is 4.79 Å². The smallest absolute Gasteiger partial charge is 0.330 e. The molecule has 0 saturated carbocycles. The molecule has 0 radical (unpaired) electrons. The minimum Gasteiger partial charge on any atom is -0.493 e. The molecule has 0 aliphatic carbocycles. The molecule has 0 atom stereocenters. The highest BCUT2D eigenvalue weighted by Gasteiger charge is 2.15. The van der Waals surface area contributed by atoms with E-state index in [1.54, 1.807) is 6.92 Å². The molecule has 0 aliphatic rings. The fraction of sp³-hybridized carbons (Fsp3) is 0.333. The van der Waals surface area contributed by atoms with Crippen molar-refractivity contribution in [3.8, 4) is 17.2 Å². The van der Waals surface area contributed by atoms with Crippen LogP contribution in [0.15, 0.2) is 24.3 Å². The first-order chi connectivity index (χ1) is 10.1. The van der Waals surface area contributed by atoms with E-state index in [0.717, 1.165) is 12.2 Å². The third-order valence-corrected chi connectivity index (χ3v) is 2.61. The minimum atomic E-state index is -0.571. The van der Waals surface area contributed by atoms with E-state index < -0.39 is 5.97 Å². The molecular weight excluding hydrogens is 276 g/mol. The van der Waals surface area contributed by atoms with Crippen molar-refractivity contribution < 1.29 is 28.5 Å². The maximum absolute atomic E-state index is 12.0. The van der Waals surface area contributed by atoms with Crippen molar-refractivity contribution in [2.45, 2.75) is 6.92 Å². The Morgan fingerprint density at radius 2 is 1.57 bits per heavy atom. The largest absolute Gasteiger partial charge is 0.493 e. The van der Waals surface area contributed by atoms with Crippen LogP contribution in [0.5, 0.6) is 17.2 Å². The van der Waals surface area contributed by atoms with Crippen LogP contribution in [-0.4, -0.2) is 39.7 Å². The molecule has 0 aliphatic heterocycles. The van der Waals surface area contributed by atoms with E-state index in [0.29, 0.717) is 22.8 Å². The molecule has 1 aromatic carbocycles. The van der Waals surface area contributed by atoms with Gasteiger partial charge in [-0.1, -0.05) is 0 Å². The number of rotatable bonds is 7. The Bertz CT molecular complexity index is 522. The standard InChI is InChI=1S/C15H18O6/c1-5-21-14(17)7-6-11(16)10-8-12(18-2)15(20-4)13(9-10)19-3/h6-9H,5H2,1-4H3/b7-6+. The van der Waals surface area contributed by atoms with Crippen molar-refractivity contribution >= 4 is 11.8 Å². The zero-order valence-corrected chi connectivity index (χ0v) is 12.5. The molecule has 0 saturated heterocycles. The summed E-state index contributed by atoms with van der Waals surface area (Å²) >= 11 is 0. The van der Waals surface area contributed by atoms with Crippen molar-refractivity contribution in [1.29, 1.82) is 0 Å². The molecular formula is C15H18O6. The number of carbonyl (C=O) groups is 2. The SMILES string of the molecule is CCOC(=O)/C=C/C(=O)c1cc(OC)c(OC)c(OC)c1. The first kappa shape index (κ1) is 16.6. The zero-order valence-electron chi connectivity index (χ0n) is 12.5. The summed E-state index contributed by atoms with van der Waals surface area (Å²) in [5.41, 5.74) is 0.310. The Kier molecular flexibility index (Phi) is 6.26. The number of benzene rings is 1. The highest BCUT2D eigenvalue weighted by molar-refractivity contribution is 6.07. The normalized spacial score (nSPS) is 10.3. The van der Waals surface area contributed by atoms with Crippen LogP contribution in [0.25, 0.3) is 0 Å². The molecule has 1 rings (SSSR count). The van der Waals surface area contributed by atoms with Crippen molar-refractivity contribution in [2.24, 2.45) is 0 Å². The van der Waals surface area contributed by atoms with Gasteiger partial charge in [0.05, 0.1) is 27.9 Å². The van der Waals surface area contributed by atoms with Crippen molar-refractivity contribution in [3.63, 3.8) is 0 Å². The van der Waals surface area contributed by atoms with Gasteiger partial charge in [0.2, 0.25) is 5.75 Å². The first-order valence-corrected chi connectivity index (χ1v) is 6.26. The number of carbonyl (C=O) groups excluding carboxylic acids is 2. The topological polar surface area (TPSA) is 71.1 Å². The second kappa shape index (κ2) is 7.94. The molecule has 0 unspecified atom stereocenters. The van der Waals surface area contributed by atoms with Crippen LogP contribution in [0, 0.1) is 0 Å². The van der Waals surface area contributed by atoms with Crippen molar-refractivity contribution in [2.75, 3.05) is 27.9 Å². The molecule has 0 spiro atoms. The van der Waals surface area contributed by atoms with Gasteiger partial charge in [0, 0.05) is 11.6 Å². The van der Waals surface area contributed by atoms with Crippen molar-refractivity contribution in [1.82, 2.24) is 0 Å². The summed E-state index contributed by atoms with van der Waals surface area (Å²) in [5.74, 6) is 0.181. The quantitative estimate of drug-likeness (QED) is 0.435. The third-order valence-electron chi connectivity index (χ3n) is 2.61. The monoisotopic (exact) mass is 294 g/mol. The fourth-order valence-electron chi connectivity index (χ4n) is 1.65. The van der Waals surface area contributed by atoms with Crippen LogP contribution >= 0.6 is 0 Å². The fourth-order valence-corrected chi connectivity index (χ4v) is 1.65. The van der Waals surface area contributed by atoms with Crippen LogP contribution in [0.4, 0.5) is 0 Å². The highest BCUT2D eigenvalue weighted by Crippen LogP contribution is 2.38. The minimum absolute atomic E-state index is 0.252. The Morgan fingerprint density at radius 3 is 2.00 bits per heavy atom. The summed E-state index contributed by atoms with van der Waals surface area (Å²) < 4.78 is 20.2. The lowest BCUT2D eigenvalue weighted by atomic mass is 10.1. The third kappa shape index (κ3) is 4.24. The Balaban J connectivity index is 3.07. The molecule has 0 aromatic heterocycles. The summed E-state index contributed by atoms with van der Waals surface area (Å²) in [5, 5.41) is 0. The van der Waals surface area contributed by atoms with Crippen LogP contribution in [0.2, 0.25) is 0 Å². The van der Waals surface area contributed by atoms with E-state index in [1.165, 1.54) is 33.5 Å². The van der Waals surface area contributed by atoms with E-state index in [-0.39, 0.29) is 12.4 Å². The Morgan fingerprint density at radius 1 is 1.00 bits per heavy atom. The lowest BCUT2D eigenvalue weighted by Gasteiger charge is -2.13. The molecule has 21 heavy (non-hydrogen) atoms. The van der Waals surface area contributed by atoms with Crippen LogP contribution in [0.3, 0.4) is 0 Å². The lowest BCUT2D eigenvalue weighted by Crippen LogP contribution is -2.03. The maximum atomic E-state index is 12.0. The highest BCUT2D eigenvalue weighted by atomic mass is 16.5. The molecule has 0 fully saturated rings. The van der Waals surface area contributed by atoms with Gasteiger partial charge in [-0.15, -0.1) is 0 Å². The number of hydrogen-bond acceptors (Lipinski definition) is 6. The summed E-state index contributed by atoms with van der Waals surface area (Å²) in [6.07, 6.45) is 2.22. The molecule has 0 N–H and O–H groups in total. The predicted molar refractivity (Wildman–Crippen MR) is 76.2 cm³/mol. The van der Waals surface area contributed by atoms with Gasteiger partial charge in [0.15, 0.2) is 17.3 Å². The van der Waals surface area contributed by atoms with Gasteiger partial charge in [0.25, 0.3) is 0 Å². The van der Waals surface area contributed by atoms with Gasteiger partial charge < -0.3 is 18.9 Å². The summed E-state index contributed by atoms with van der Waals surface area (Å²) in [6.45, 7) is 1.94. The van der Waals surface area contributed by atoms with Gasteiger partial charge in [0.1, 0.15) is 0 Å². The number of ketones is 1. The summed E-state index contributed by atoms with van der Waals surface area (Å²) in [6, 6.07) is 3.03. The second-order valence-corrected chi connectivity index (χ2v) is 3.86. The van der Waals surface area contributed by atoms with E-state index in [1.807, 2.05) is 0 Å². The zero-order chi connectivity index (χ0) is 15.8. The van der Waals surface area contributed by atoms with Crippen LogP contribution in [0.1, 0.15) is 17.3 Å². The Labute approximate surface area is 123 Å². The summed E-state index contributed by atoms with van der Waals surface area (Å²) in [4.78, 5) is 23.2. The second-order valence-electron chi connectivity index (χ2n) is 3.86. The predicted octanol–water partition coefficient (Wildman–Crippen LogP) is 2.01. The number of hydrogen-bond donors (Lipinski definition) is 0. The first-order valence-electron chi connectivity index (χ1n) is 6.26. The van der Waals surface area contributed by atoms with Crippen LogP contribution in [-0.2, 0) is 9.53 Å². The average molecular weight is 294 g/mol. The van der Waals surface area contributed by atoms with Gasteiger partial charge >= 0.3 is 5.97 Å². The lowest BCUT2D eigenvalue weighted by molar-refractivity contribution is -0.137. The maximum Gasteiger partial charge on any atom is 0.330 e. The van der Waals surface area contributed by atoms with E-state index in [9.17, 15) is 9.59 Å². The Hall–Kier alpha value is -2.50. The van der Waals surface area contributed by atoms with Crippen LogP contribution < -0.4 is 14.2 Å². The van der Waals surface area contributed by atoms with E-state index in [4.69, 9.17) is 18.9 Å². The van der Waals surface area contributed by atoms with Gasteiger partial charge in [-0.2, -0.15) is 0 Å². The molecule has 6 heteroatoms. The number of esters is 1. The molecule has 0 amide bonds. The number of ether oxygens (including phenoxy) is 4. The number of allylic oxidation sites excluding steroid dienone is 1. The molecule has 114 valence electrons. The van der Waals surface area contributed by atoms with Crippen molar-refractivity contribution in [3.05, 3.63) is 29.8 Å². The van der Waals surface area contributed by atoms with Gasteiger partial charge in [-0.25, -0.2) is 4.79 Å². The average Bonchev–Trinajstić information content (AvgIpc) is 2.51. The summed E-state index contributed by atoms with van der Waals surface area (Å²) in [7, 11) is 4.39.